The summed E-state index contributed by atoms with van der Waals surface area (Å²) in [7, 11) is 2.02. The monoisotopic (exact) mass is 357 g/mol. The van der Waals surface area contributed by atoms with Crippen LogP contribution in [0.25, 0.3) is 0 Å². The lowest BCUT2D eigenvalue weighted by Gasteiger charge is -2.15. The molecular weight excluding hydrogens is 328 g/mol. The first-order valence-electron chi connectivity index (χ1n) is 9.08. The number of likely N-dealkylation sites (N-methyl/N-ethyl adjacent to an activating group) is 1. The number of ether oxygens (including phenoxy) is 2. The highest BCUT2D eigenvalue weighted by Crippen LogP contribution is 2.30. The summed E-state index contributed by atoms with van der Waals surface area (Å²) in [5, 5.41) is 2.94. The summed E-state index contributed by atoms with van der Waals surface area (Å²) < 4.78 is 11.1. The minimum Gasteiger partial charge on any atom is -0.490 e. The van der Waals surface area contributed by atoms with Crippen LogP contribution < -0.4 is 19.7 Å². The summed E-state index contributed by atoms with van der Waals surface area (Å²) >= 11 is 0. The highest BCUT2D eigenvalue weighted by atomic mass is 16.5. The van der Waals surface area contributed by atoms with Gasteiger partial charge < -0.3 is 19.7 Å². The predicted molar refractivity (Wildman–Crippen MR) is 104 cm³/mol. The molecule has 0 bridgehead atoms. The molecule has 2 rings (SSSR count). The van der Waals surface area contributed by atoms with E-state index in [1.165, 1.54) is 11.1 Å². The van der Waals surface area contributed by atoms with Crippen LogP contribution >= 0.6 is 0 Å². The molecule has 0 aliphatic heterocycles. The molecular formula is C21H29N2O3+. The van der Waals surface area contributed by atoms with Crippen LogP contribution in [0.4, 0.5) is 5.69 Å². The molecule has 140 valence electrons. The first kappa shape index (κ1) is 19.8. The molecule has 0 spiro atoms. The van der Waals surface area contributed by atoms with Crippen LogP contribution in [0.5, 0.6) is 11.5 Å². The van der Waals surface area contributed by atoms with Gasteiger partial charge in [0.15, 0.2) is 18.0 Å². The predicted octanol–water partition coefficient (Wildman–Crippen LogP) is 2.45. The number of hydrogen-bond acceptors (Lipinski definition) is 3. The maximum atomic E-state index is 12.4. The second kappa shape index (κ2) is 9.82. The number of quaternary nitrogens is 1. The Morgan fingerprint density at radius 2 is 1.77 bits per heavy atom. The van der Waals surface area contributed by atoms with E-state index in [1.54, 1.807) is 0 Å². The molecule has 0 saturated heterocycles. The van der Waals surface area contributed by atoms with Crippen molar-refractivity contribution in [3.05, 3.63) is 53.6 Å². The van der Waals surface area contributed by atoms with Gasteiger partial charge in [0.05, 0.1) is 20.3 Å². The molecule has 0 aliphatic rings. The first-order valence-corrected chi connectivity index (χ1v) is 9.08. The van der Waals surface area contributed by atoms with Crippen molar-refractivity contribution in [2.45, 2.75) is 27.3 Å². The Balaban J connectivity index is 1.95. The van der Waals surface area contributed by atoms with Crippen molar-refractivity contribution in [2.75, 3.05) is 32.1 Å². The van der Waals surface area contributed by atoms with Gasteiger partial charge in [0.25, 0.3) is 5.91 Å². The van der Waals surface area contributed by atoms with Gasteiger partial charge in [-0.1, -0.05) is 29.8 Å². The summed E-state index contributed by atoms with van der Waals surface area (Å²) in [4.78, 5) is 13.5. The van der Waals surface area contributed by atoms with Gasteiger partial charge in [-0.2, -0.15) is 0 Å². The molecule has 0 heterocycles. The zero-order valence-electron chi connectivity index (χ0n) is 16.1. The number of carbonyl (C=O) groups is 1. The standard InChI is InChI=1S/C21H28N2O3/c1-5-25-19-11-10-18(13-20(19)26-6-2)22-21(24)15-23(4)14-17-9-7-8-16(3)12-17/h7-13H,5-6,14-15H2,1-4H3,(H,22,24)/p+1. The summed E-state index contributed by atoms with van der Waals surface area (Å²) in [6.07, 6.45) is 0. The fourth-order valence-electron chi connectivity index (χ4n) is 2.84. The highest BCUT2D eigenvalue weighted by molar-refractivity contribution is 5.91. The molecule has 2 aromatic carbocycles. The molecule has 1 atom stereocenters. The number of anilines is 1. The van der Waals surface area contributed by atoms with Gasteiger partial charge in [0.1, 0.15) is 6.54 Å². The van der Waals surface area contributed by atoms with E-state index in [0.717, 1.165) is 11.4 Å². The number of hydrogen-bond donors (Lipinski definition) is 2. The van der Waals surface area contributed by atoms with Gasteiger partial charge in [-0.05, 0) is 32.9 Å². The molecule has 1 unspecified atom stereocenters. The van der Waals surface area contributed by atoms with Crippen LogP contribution in [0.3, 0.4) is 0 Å². The molecule has 2 aromatic rings. The summed E-state index contributed by atoms with van der Waals surface area (Å²) in [6.45, 7) is 8.24. The lowest BCUT2D eigenvalue weighted by atomic mass is 10.1. The number of benzene rings is 2. The largest absolute Gasteiger partial charge is 0.490 e. The van der Waals surface area contributed by atoms with Crippen molar-refractivity contribution in [1.29, 1.82) is 0 Å². The normalized spacial score (nSPS) is 11.7. The van der Waals surface area contributed by atoms with E-state index in [2.05, 4.69) is 30.4 Å². The van der Waals surface area contributed by atoms with E-state index >= 15 is 0 Å². The van der Waals surface area contributed by atoms with E-state index < -0.39 is 0 Å². The average Bonchev–Trinajstić information content (AvgIpc) is 2.57. The van der Waals surface area contributed by atoms with Crippen LogP contribution in [-0.2, 0) is 11.3 Å². The van der Waals surface area contributed by atoms with Crippen LogP contribution in [0.15, 0.2) is 42.5 Å². The molecule has 2 N–H and O–H groups in total. The van der Waals surface area contributed by atoms with Gasteiger partial charge >= 0.3 is 0 Å². The molecule has 0 saturated carbocycles. The molecule has 5 heteroatoms. The molecule has 0 aromatic heterocycles. The number of amides is 1. The molecule has 1 amide bonds. The van der Waals surface area contributed by atoms with Crippen molar-refractivity contribution >= 4 is 11.6 Å². The minimum atomic E-state index is -0.0261. The maximum absolute atomic E-state index is 12.4. The fraction of sp³-hybridized carbons (Fsp3) is 0.381. The Hall–Kier alpha value is -2.53. The zero-order valence-corrected chi connectivity index (χ0v) is 16.1. The smallest absolute Gasteiger partial charge is 0.279 e. The van der Waals surface area contributed by atoms with E-state index in [4.69, 9.17) is 9.47 Å². The van der Waals surface area contributed by atoms with E-state index in [0.29, 0.717) is 36.9 Å². The maximum Gasteiger partial charge on any atom is 0.279 e. The second-order valence-corrected chi connectivity index (χ2v) is 6.38. The SMILES string of the molecule is CCOc1ccc(NC(=O)C[NH+](C)Cc2cccc(C)c2)cc1OCC. The van der Waals surface area contributed by atoms with E-state index in [1.807, 2.05) is 45.2 Å². The van der Waals surface area contributed by atoms with Crippen LogP contribution in [0.1, 0.15) is 25.0 Å². The summed E-state index contributed by atoms with van der Waals surface area (Å²) in [5.74, 6) is 1.31. The molecule has 0 radical (unpaired) electrons. The number of aryl methyl sites for hydroxylation is 1. The van der Waals surface area contributed by atoms with Crippen molar-refractivity contribution < 1.29 is 19.2 Å². The Kier molecular flexibility index (Phi) is 7.48. The second-order valence-electron chi connectivity index (χ2n) is 6.38. The minimum absolute atomic E-state index is 0.0261. The zero-order chi connectivity index (χ0) is 18.9. The first-order chi connectivity index (χ1) is 12.5. The molecule has 5 nitrogen and oxygen atoms in total. The molecule has 0 fully saturated rings. The third-order valence-electron chi connectivity index (χ3n) is 3.88. The van der Waals surface area contributed by atoms with Gasteiger partial charge in [0, 0.05) is 17.3 Å². The van der Waals surface area contributed by atoms with Gasteiger partial charge in [-0.25, -0.2) is 0 Å². The lowest BCUT2D eigenvalue weighted by molar-refractivity contribution is -0.885. The Labute approximate surface area is 155 Å². The van der Waals surface area contributed by atoms with Crippen molar-refractivity contribution in [2.24, 2.45) is 0 Å². The number of rotatable bonds is 9. The Morgan fingerprint density at radius 3 is 2.46 bits per heavy atom. The Morgan fingerprint density at radius 1 is 1.04 bits per heavy atom. The van der Waals surface area contributed by atoms with Crippen LogP contribution in [0, 0.1) is 6.92 Å². The average molecular weight is 357 g/mol. The van der Waals surface area contributed by atoms with Crippen LogP contribution in [-0.4, -0.2) is 32.7 Å². The van der Waals surface area contributed by atoms with Gasteiger partial charge in [-0.3, -0.25) is 4.79 Å². The number of nitrogens with one attached hydrogen (secondary N) is 2. The molecule has 26 heavy (non-hydrogen) atoms. The quantitative estimate of drug-likeness (QED) is 0.725. The summed E-state index contributed by atoms with van der Waals surface area (Å²) in [6, 6.07) is 13.8. The van der Waals surface area contributed by atoms with Crippen molar-refractivity contribution in [1.82, 2.24) is 0 Å². The topological polar surface area (TPSA) is 52.0 Å². The van der Waals surface area contributed by atoms with Crippen molar-refractivity contribution in [3.63, 3.8) is 0 Å². The number of carbonyl (C=O) groups excluding carboxylic acids is 1. The van der Waals surface area contributed by atoms with E-state index in [9.17, 15) is 4.79 Å². The van der Waals surface area contributed by atoms with Crippen LogP contribution in [0.2, 0.25) is 0 Å². The lowest BCUT2D eigenvalue weighted by Crippen LogP contribution is -3.08. The van der Waals surface area contributed by atoms with Crippen molar-refractivity contribution in [3.8, 4) is 11.5 Å². The molecule has 0 aliphatic carbocycles. The third kappa shape index (κ3) is 6.08. The third-order valence-corrected chi connectivity index (χ3v) is 3.88. The highest BCUT2D eigenvalue weighted by Gasteiger charge is 2.13. The Bertz CT molecular complexity index is 731. The van der Waals surface area contributed by atoms with Gasteiger partial charge in [0.2, 0.25) is 0 Å². The van der Waals surface area contributed by atoms with E-state index in [-0.39, 0.29) is 5.91 Å². The summed E-state index contributed by atoms with van der Waals surface area (Å²) in [5.41, 5.74) is 3.18. The fourth-order valence-corrected chi connectivity index (χ4v) is 2.84. The van der Waals surface area contributed by atoms with Gasteiger partial charge in [-0.15, -0.1) is 0 Å².